The van der Waals surface area contributed by atoms with Crippen LogP contribution in [0.1, 0.15) is 13.8 Å². The average Bonchev–Trinajstić information content (AvgIpc) is 2.11. The van der Waals surface area contributed by atoms with Gasteiger partial charge in [0.25, 0.3) is 0 Å². The van der Waals surface area contributed by atoms with Crippen LogP contribution in [0.3, 0.4) is 0 Å². The maximum Gasteiger partial charge on any atom is 0.309 e. The van der Waals surface area contributed by atoms with Crippen molar-refractivity contribution in [2.24, 2.45) is 11.7 Å². The highest BCUT2D eigenvalue weighted by Crippen LogP contribution is 2.19. The summed E-state index contributed by atoms with van der Waals surface area (Å²) < 4.78 is 4.63. The lowest BCUT2D eigenvalue weighted by Gasteiger charge is -2.16. The van der Waals surface area contributed by atoms with Crippen LogP contribution < -0.4 is 5.73 Å². The zero-order valence-electron chi connectivity index (χ0n) is 7.87. The molecule has 0 radical (unpaired) electrons. The number of thioether (sulfide) groups is 1. The smallest absolute Gasteiger partial charge is 0.309 e. The summed E-state index contributed by atoms with van der Waals surface area (Å²) in [5, 5.41) is 0.279. The molecule has 0 aliphatic heterocycles. The number of carbonyl (C=O) groups is 1. The first kappa shape index (κ1) is 11.8. The van der Waals surface area contributed by atoms with E-state index in [1.54, 1.807) is 11.8 Å². The Morgan fingerprint density at radius 3 is 2.58 bits per heavy atom. The van der Waals surface area contributed by atoms with Crippen molar-refractivity contribution in [3.05, 3.63) is 0 Å². The number of hydrogen-bond acceptors (Lipinski definition) is 4. The van der Waals surface area contributed by atoms with E-state index in [2.05, 4.69) is 4.74 Å². The van der Waals surface area contributed by atoms with Gasteiger partial charge in [-0.1, -0.05) is 13.8 Å². The van der Waals surface area contributed by atoms with Crippen molar-refractivity contribution in [2.75, 3.05) is 19.4 Å². The van der Waals surface area contributed by atoms with Crippen molar-refractivity contribution >= 4 is 17.7 Å². The number of carbonyl (C=O) groups excluding carboxylic acids is 1. The lowest BCUT2D eigenvalue weighted by atomic mass is 10.1. The molecule has 2 N–H and O–H groups in total. The van der Waals surface area contributed by atoms with Crippen molar-refractivity contribution in [3.8, 4) is 0 Å². The fourth-order valence-electron chi connectivity index (χ4n) is 0.776. The quantitative estimate of drug-likeness (QED) is 0.655. The van der Waals surface area contributed by atoms with Crippen LogP contribution in [-0.4, -0.2) is 30.6 Å². The van der Waals surface area contributed by atoms with Gasteiger partial charge in [-0.15, -0.1) is 0 Å². The molecule has 0 aromatic carbocycles. The largest absolute Gasteiger partial charge is 0.469 e. The zero-order valence-corrected chi connectivity index (χ0v) is 8.69. The summed E-state index contributed by atoms with van der Waals surface area (Å²) in [6, 6.07) is 0. The van der Waals surface area contributed by atoms with Gasteiger partial charge in [-0.25, -0.2) is 0 Å². The molecule has 0 rings (SSSR count). The molecule has 3 nitrogen and oxygen atoms in total. The molecule has 72 valence electrons. The second-order valence-corrected chi connectivity index (χ2v) is 4.16. The third kappa shape index (κ3) is 3.97. The van der Waals surface area contributed by atoms with Gasteiger partial charge in [0.05, 0.1) is 13.0 Å². The molecule has 0 aliphatic rings. The highest BCUT2D eigenvalue weighted by atomic mass is 32.2. The summed E-state index contributed by atoms with van der Waals surface area (Å²) in [4.78, 5) is 11.0. The van der Waals surface area contributed by atoms with Crippen molar-refractivity contribution in [1.82, 2.24) is 0 Å². The molecule has 4 heteroatoms. The second-order valence-electron chi connectivity index (χ2n) is 2.68. The molecule has 0 fully saturated rings. The molecular weight excluding hydrogens is 174 g/mol. The third-order valence-corrected chi connectivity index (χ3v) is 3.18. The van der Waals surface area contributed by atoms with E-state index >= 15 is 0 Å². The number of rotatable bonds is 5. The molecule has 12 heavy (non-hydrogen) atoms. The van der Waals surface area contributed by atoms with E-state index in [4.69, 9.17) is 5.73 Å². The van der Waals surface area contributed by atoms with Crippen LogP contribution in [0.25, 0.3) is 0 Å². The highest BCUT2D eigenvalue weighted by molar-refractivity contribution is 7.99. The highest BCUT2D eigenvalue weighted by Gasteiger charge is 2.20. The average molecular weight is 191 g/mol. The van der Waals surface area contributed by atoms with Crippen molar-refractivity contribution in [2.45, 2.75) is 19.1 Å². The van der Waals surface area contributed by atoms with Crippen LogP contribution in [0.15, 0.2) is 0 Å². The fraction of sp³-hybridized carbons (Fsp3) is 0.875. The lowest BCUT2D eigenvalue weighted by molar-refractivity contribution is -0.144. The van der Waals surface area contributed by atoms with Gasteiger partial charge in [0.15, 0.2) is 0 Å². The maximum absolute atomic E-state index is 11.0. The molecular formula is C8H17NO2S. The zero-order chi connectivity index (χ0) is 9.56. The molecule has 2 atom stereocenters. The van der Waals surface area contributed by atoms with Crippen LogP contribution in [0, 0.1) is 5.92 Å². The third-order valence-electron chi connectivity index (χ3n) is 1.78. The Hall–Kier alpha value is -0.220. The van der Waals surface area contributed by atoms with Gasteiger partial charge in [-0.05, 0) is 0 Å². The van der Waals surface area contributed by atoms with Gasteiger partial charge >= 0.3 is 5.97 Å². The summed E-state index contributed by atoms with van der Waals surface area (Å²) in [6.45, 7) is 4.55. The minimum absolute atomic E-state index is 0.0495. The molecule has 0 aliphatic carbocycles. The first-order valence-electron chi connectivity index (χ1n) is 4.03. The number of nitrogens with two attached hydrogens (primary N) is 1. The summed E-state index contributed by atoms with van der Waals surface area (Å²) in [6.07, 6.45) is 0. The molecule has 0 spiro atoms. The van der Waals surface area contributed by atoms with Crippen LogP contribution in [0.5, 0.6) is 0 Å². The monoisotopic (exact) mass is 191 g/mol. The summed E-state index contributed by atoms with van der Waals surface area (Å²) in [5.74, 6) is 0.696. The van der Waals surface area contributed by atoms with E-state index in [0.29, 0.717) is 6.54 Å². The SMILES string of the molecule is COC(=O)C(C)C(C)SCCN. The number of esters is 1. The van der Waals surface area contributed by atoms with E-state index in [1.165, 1.54) is 7.11 Å². The molecule has 0 amide bonds. The number of hydrogen-bond donors (Lipinski definition) is 1. The van der Waals surface area contributed by atoms with Gasteiger partial charge in [-0.3, -0.25) is 4.79 Å². The summed E-state index contributed by atoms with van der Waals surface area (Å²) >= 11 is 1.70. The fourth-order valence-corrected chi connectivity index (χ4v) is 1.68. The molecule has 0 bridgehead atoms. The minimum Gasteiger partial charge on any atom is -0.469 e. The molecule has 0 saturated heterocycles. The van der Waals surface area contributed by atoms with Gasteiger partial charge in [0.1, 0.15) is 0 Å². The van der Waals surface area contributed by atoms with Gasteiger partial charge in [-0.2, -0.15) is 11.8 Å². The second kappa shape index (κ2) is 6.31. The van der Waals surface area contributed by atoms with Crippen molar-refractivity contribution in [3.63, 3.8) is 0 Å². The Bertz CT molecular complexity index is 141. The van der Waals surface area contributed by atoms with E-state index < -0.39 is 0 Å². The minimum atomic E-state index is -0.146. The normalized spacial score (nSPS) is 15.3. The Balaban J connectivity index is 3.75. The first-order valence-corrected chi connectivity index (χ1v) is 5.07. The molecule has 0 heterocycles. The standard InChI is InChI=1S/C8H17NO2S/c1-6(8(10)11-3)7(2)12-5-4-9/h6-7H,4-5,9H2,1-3H3. The van der Waals surface area contributed by atoms with Crippen LogP contribution in [-0.2, 0) is 9.53 Å². The molecule has 2 unspecified atom stereocenters. The predicted octanol–water partition coefficient (Wildman–Crippen LogP) is 0.876. The topological polar surface area (TPSA) is 52.3 Å². The molecule has 0 saturated carbocycles. The summed E-state index contributed by atoms with van der Waals surface area (Å²) in [5.41, 5.74) is 5.35. The number of methoxy groups -OCH3 is 1. The summed E-state index contributed by atoms with van der Waals surface area (Å²) in [7, 11) is 1.42. The Morgan fingerprint density at radius 1 is 1.58 bits per heavy atom. The van der Waals surface area contributed by atoms with E-state index in [1.807, 2.05) is 13.8 Å². The van der Waals surface area contributed by atoms with Crippen LogP contribution in [0.2, 0.25) is 0 Å². The van der Waals surface area contributed by atoms with Gasteiger partial charge < -0.3 is 10.5 Å². The Kier molecular flexibility index (Phi) is 6.20. The van der Waals surface area contributed by atoms with Crippen LogP contribution in [0.4, 0.5) is 0 Å². The first-order chi connectivity index (χ1) is 5.63. The number of ether oxygens (including phenoxy) is 1. The Morgan fingerprint density at radius 2 is 2.17 bits per heavy atom. The van der Waals surface area contributed by atoms with E-state index in [0.717, 1.165) is 5.75 Å². The van der Waals surface area contributed by atoms with Gasteiger partial charge in [0, 0.05) is 17.5 Å². The lowest BCUT2D eigenvalue weighted by Crippen LogP contribution is -2.23. The molecule has 0 aromatic rings. The van der Waals surface area contributed by atoms with Gasteiger partial charge in [0.2, 0.25) is 0 Å². The van der Waals surface area contributed by atoms with Crippen LogP contribution >= 0.6 is 11.8 Å². The molecule has 0 aromatic heterocycles. The van der Waals surface area contributed by atoms with E-state index in [9.17, 15) is 4.79 Å². The predicted molar refractivity (Wildman–Crippen MR) is 52.2 cm³/mol. The Labute approximate surface area is 78.0 Å². The van der Waals surface area contributed by atoms with Crippen molar-refractivity contribution < 1.29 is 9.53 Å². The van der Waals surface area contributed by atoms with Crippen molar-refractivity contribution in [1.29, 1.82) is 0 Å². The maximum atomic E-state index is 11.0. The van der Waals surface area contributed by atoms with E-state index in [-0.39, 0.29) is 17.1 Å².